The van der Waals surface area contributed by atoms with Crippen molar-refractivity contribution in [1.29, 1.82) is 0 Å². The van der Waals surface area contributed by atoms with Crippen LogP contribution >= 0.6 is 35.3 Å². The molecule has 3 heterocycles. The molecular formula is C26H29NO6S3. The molecule has 0 aromatic heterocycles. The lowest BCUT2D eigenvalue weighted by Crippen LogP contribution is -2.52. The highest BCUT2D eigenvalue weighted by atomic mass is 32.2. The van der Waals surface area contributed by atoms with Crippen molar-refractivity contribution >= 4 is 64.4 Å². The summed E-state index contributed by atoms with van der Waals surface area (Å²) in [5.74, 6) is -0.269. The van der Waals surface area contributed by atoms with Crippen molar-refractivity contribution in [3.63, 3.8) is 0 Å². The maximum Gasteiger partial charge on any atom is 0.345 e. The van der Waals surface area contributed by atoms with E-state index >= 15 is 0 Å². The summed E-state index contributed by atoms with van der Waals surface area (Å²) < 4.78 is 15.6. The van der Waals surface area contributed by atoms with Crippen LogP contribution in [0.1, 0.15) is 47.1 Å². The summed E-state index contributed by atoms with van der Waals surface area (Å²) >= 11 is 4.12. The van der Waals surface area contributed by atoms with Gasteiger partial charge in [-0.05, 0) is 64.3 Å². The van der Waals surface area contributed by atoms with Crippen LogP contribution in [0.25, 0.3) is 5.57 Å². The molecule has 7 nitrogen and oxygen atoms in total. The van der Waals surface area contributed by atoms with Gasteiger partial charge in [-0.25, -0.2) is 9.59 Å². The monoisotopic (exact) mass is 547 g/mol. The fraction of sp³-hybridized carbons (Fsp3) is 0.423. The Labute approximate surface area is 224 Å². The van der Waals surface area contributed by atoms with E-state index in [1.54, 1.807) is 31.1 Å². The van der Waals surface area contributed by atoms with Crippen molar-refractivity contribution in [1.82, 2.24) is 0 Å². The van der Waals surface area contributed by atoms with E-state index in [1.165, 1.54) is 35.3 Å². The minimum Gasteiger partial charge on any atom is -0.494 e. The fourth-order valence-electron chi connectivity index (χ4n) is 4.59. The van der Waals surface area contributed by atoms with Crippen LogP contribution in [0.5, 0.6) is 5.75 Å². The molecule has 0 N–H and O–H groups in total. The Bertz CT molecular complexity index is 1220. The van der Waals surface area contributed by atoms with E-state index in [0.717, 1.165) is 21.7 Å². The Hall–Kier alpha value is -2.30. The van der Waals surface area contributed by atoms with Gasteiger partial charge in [-0.2, -0.15) is 0 Å². The molecule has 0 aliphatic carbocycles. The van der Waals surface area contributed by atoms with Crippen molar-refractivity contribution in [2.24, 2.45) is 0 Å². The molecule has 3 aliphatic heterocycles. The molecule has 3 aliphatic rings. The first-order valence-electron chi connectivity index (χ1n) is 11.7. The summed E-state index contributed by atoms with van der Waals surface area (Å²) in [6, 6.07) is 5.70. The lowest BCUT2D eigenvalue weighted by atomic mass is 9.85. The van der Waals surface area contributed by atoms with Gasteiger partial charge in [0.1, 0.15) is 14.7 Å². The molecule has 36 heavy (non-hydrogen) atoms. The third-order valence-electron chi connectivity index (χ3n) is 5.88. The average Bonchev–Trinajstić information content (AvgIpc) is 3.23. The predicted octanol–water partition coefficient (Wildman–Crippen LogP) is 5.72. The normalized spacial score (nSPS) is 21.9. The second-order valence-electron chi connectivity index (χ2n) is 8.65. The number of carbonyl (C=O) groups excluding carboxylic acids is 3. The number of esters is 2. The summed E-state index contributed by atoms with van der Waals surface area (Å²) in [4.78, 5) is 42.1. The number of carbonyl (C=O) groups is 3. The topological polar surface area (TPSA) is 82.1 Å². The van der Waals surface area contributed by atoms with Crippen LogP contribution in [0.15, 0.2) is 44.4 Å². The number of ether oxygens (including phenoxy) is 3. The molecule has 1 amide bonds. The molecule has 1 aromatic carbocycles. The average molecular weight is 548 g/mol. The lowest BCUT2D eigenvalue weighted by Gasteiger charge is -2.49. The summed E-state index contributed by atoms with van der Waals surface area (Å²) in [5, 5.41) is 1.79. The largest absolute Gasteiger partial charge is 0.494 e. The van der Waals surface area contributed by atoms with Crippen LogP contribution in [0.4, 0.5) is 5.69 Å². The van der Waals surface area contributed by atoms with Gasteiger partial charge < -0.3 is 19.1 Å². The predicted molar refractivity (Wildman–Crippen MR) is 147 cm³/mol. The van der Waals surface area contributed by atoms with Gasteiger partial charge in [0, 0.05) is 23.0 Å². The highest BCUT2D eigenvalue weighted by molar-refractivity contribution is 8.25. The van der Waals surface area contributed by atoms with E-state index in [0.29, 0.717) is 22.2 Å². The Morgan fingerprint density at radius 1 is 0.972 bits per heavy atom. The molecule has 0 bridgehead atoms. The van der Waals surface area contributed by atoms with E-state index < -0.39 is 21.6 Å². The quantitative estimate of drug-likeness (QED) is 0.416. The van der Waals surface area contributed by atoms with Gasteiger partial charge in [0.15, 0.2) is 0 Å². The van der Waals surface area contributed by atoms with Crippen LogP contribution in [-0.2, 0) is 23.9 Å². The number of thioether (sulfide) groups is 3. The Kier molecular flexibility index (Phi) is 7.60. The standard InChI is InChI=1S/C26H29NO6S3/c1-7-31-16-10-11-18-17(12-16)21-22(25(5,6)27(18)15(4)28)35-19(23(29)32-8-2)13-26(21)34-14-20(36-26)24(30)33-9-3/h10-14H,7-9H2,1-6H3/t26-/m1/s1. The second-order valence-corrected chi connectivity index (χ2v) is 12.4. The highest BCUT2D eigenvalue weighted by Crippen LogP contribution is 2.66. The minimum absolute atomic E-state index is 0.115. The molecule has 0 saturated heterocycles. The SMILES string of the molecule is CCOC(=O)C1=C[C@]2(SC=C(C(=O)OCC)S2)C2=C(S1)C(C)(C)N(C(C)=O)c1ccc(OCC)cc12. The summed E-state index contributed by atoms with van der Waals surface area (Å²) in [5.41, 5.74) is 1.76. The molecule has 10 heteroatoms. The number of anilines is 1. The van der Waals surface area contributed by atoms with Crippen LogP contribution in [0, 0.1) is 0 Å². The van der Waals surface area contributed by atoms with Crippen molar-refractivity contribution in [2.75, 3.05) is 24.7 Å². The maximum atomic E-state index is 13.0. The van der Waals surface area contributed by atoms with E-state index in [-0.39, 0.29) is 19.1 Å². The number of nitrogens with zero attached hydrogens (tertiary/aromatic N) is 1. The number of rotatable bonds is 6. The molecular weight excluding hydrogens is 518 g/mol. The zero-order chi connectivity index (χ0) is 26.3. The van der Waals surface area contributed by atoms with E-state index in [4.69, 9.17) is 14.2 Å². The highest BCUT2D eigenvalue weighted by Gasteiger charge is 2.53. The molecule has 1 atom stereocenters. The van der Waals surface area contributed by atoms with Crippen molar-refractivity contribution < 1.29 is 28.6 Å². The number of benzene rings is 1. The Morgan fingerprint density at radius 2 is 1.64 bits per heavy atom. The Balaban J connectivity index is 1.96. The van der Waals surface area contributed by atoms with Crippen LogP contribution in [0.3, 0.4) is 0 Å². The Morgan fingerprint density at radius 3 is 2.25 bits per heavy atom. The van der Waals surface area contributed by atoms with Gasteiger partial charge in [0.25, 0.3) is 0 Å². The molecule has 1 spiro atoms. The number of hydrogen-bond acceptors (Lipinski definition) is 9. The summed E-state index contributed by atoms with van der Waals surface area (Å²) in [6.07, 6.45) is 1.88. The number of amides is 1. The van der Waals surface area contributed by atoms with Gasteiger partial charge in [0.2, 0.25) is 5.91 Å². The fourth-order valence-corrected chi connectivity index (χ4v) is 8.97. The summed E-state index contributed by atoms with van der Waals surface area (Å²) in [7, 11) is 0. The van der Waals surface area contributed by atoms with Crippen molar-refractivity contribution in [2.45, 2.75) is 51.2 Å². The molecule has 0 radical (unpaired) electrons. The molecule has 0 saturated carbocycles. The summed E-state index contributed by atoms with van der Waals surface area (Å²) in [6.45, 7) is 11.9. The van der Waals surface area contributed by atoms with Gasteiger partial charge in [0.05, 0.1) is 36.0 Å². The minimum atomic E-state index is -0.829. The van der Waals surface area contributed by atoms with Crippen molar-refractivity contribution in [3.05, 3.63) is 50.0 Å². The van der Waals surface area contributed by atoms with Gasteiger partial charge in [-0.15, -0.1) is 11.8 Å². The molecule has 1 aromatic rings. The second kappa shape index (κ2) is 10.2. The van der Waals surface area contributed by atoms with Gasteiger partial charge >= 0.3 is 11.9 Å². The zero-order valence-electron chi connectivity index (χ0n) is 21.1. The van der Waals surface area contributed by atoms with Gasteiger partial charge in [-0.3, -0.25) is 4.79 Å². The number of hydrogen-bond donors (Lipinski definition) is 0. The van der Waals surface area contributed by atoms with Crippen LogP contribution in [-0.4, -0.2) is 47.3 Å². The maximum absolute atomic E-state index is 13.0. The number of fused-ring (bicyclic) bond motifs is 3. The lowest BCUT2D eigenvalue weighted by molar-refractivity contribution is -0.138. The van der Waals surface area contributed by atoms with Crippen LogP contribution < -0.4 is 9.64 Å². The first kappa shape index (κ1) is 26.8. The van der Waals surface area contributed by atoms with Crippen molar-refractivity contribution in [3.8, 4) is 5.75 Å². The van der Waals surface area contributed by atoms with E-state index in [2.05, 4.69) is 0 Å². The zero-order valence-corrected chi connectivity index (χ0v) is 23.6. The first-order chi connectivity index (χ1) is 17.1. The van der Waals surface area contributed by atoms with E-state index in [1.807, 2.05) is 45.0 Å². The van der Waals surface area contributed by atoms with E-state index in [9.17, 15) is 14.4 Å². The first-order valence-corrected chi connectivity index (χ1v) is 14.3. The molecule has 192 valence electrons. The molecule has 0 unspecified atom stereocenters. The van der Waals surface area contributed by atoms with Crippen LogP contribution in [0.2, 0.25) is 0 Å². The molecule has 0 fully saturated rings. The third-order valence-corrected chi connectivity index (χ3v) is 10.1. The smallest absolute Gasteiger partial charge is 0.345 e. The molecule has 4 rings (SSSR count). The third kappa shape index (κ3) is 4.48. The van der Waals surface area contributed by atoms with Gasteiger partial charge in [-0.1, -0.05) is 23.5 Å².